The van der Waals surface area contributed by atoms with E-state index >= 15 is 0 Å². The first kappa shape index (κ1) is 22.1. The van der Waals surface area contributed by atoms with Crippen LogP contribution >= 0.6 is 15.9 Å². The fourth-order valence-electron chi connectivity index (χ4n) is 4.82. The molecule has 0 bridgehead atoms. The number of hydrogen-bond donors (Lipinski definition) is 2. The summed E-state index contributed by atoms with van der Waals surface area (Å²) in [5.41, 5.74) is 12.6. The lowest BCUT2D eigenvalue weighted by Crippen LogP contribution is -2.37. The van der Waals surface area contributed by atoms with E-state index in [-0.39, 0.29) is 16.9 Å². The Labute approximate surface area is 202 Å². The first-order valence-corrected chi connectivity index (χ1v) is 11.4. The third-order valence-electron chi connectivity index (χ3n) is 6.64. The zero-order chi connectivity index (χ0) is 24.0. The maximum absolute atomic E-state index is 14.7. The third-order valence-corrected chi connectivity index (χ3v) is 7.27. The highest BCUT2D eigenvalue weighted by molar-refractivity contribution is 9.10. The minimum absolute atomic E-state index is 0.0152. The molecule has 4 N–H and O–H groups in total. The molecule has 1 aromatic carbocycles. The van der Waals surface area contributed by atoms with Gasteiger partial charge in [-0.3, -0.25) is 0 Å². The molecule has 10 heteroatoms. The molecule has 0 saturated carbocycles. The Kier molecular flexibility index (Phi) is 5.40. The smallest absolute Gasteiger partial charge is 0.154 e. The van der Waals surface area contributed by atoms with Crippen molar-refractivity contribution in [2.24, 2.45) is 11.3 Å². The maximum Gasteiger partial charge on any atom is 0.154 e. The molecule has 0 fully saturated rings. The van der Waals surface area contributed by atoms with Gasteiger partial charge in [0.05, 0.1) is 26.8 Å². The highest BCUT2D eigenvalue weighted by Crippen LogP contribution is 2.48. The van der Waals surface area contributed by atoms with E-state index in [2.05, 4.69) is 30.9 Å². The predicted octanol–water partition coefficient (Wildman–Crippen LogP) is 3.79. The molecular weight excluding hydrogens is 503 g/mol. The Hall–Kier alpha value is -3.66. The van der Waals surface area contributed by atoms with Gasteiger partial charge in [0.2, 0.25) is 0 Å². The van der Waals surface area contributed by atoms with Crippen molar-refractivity contribution in [1.29, 1.82) is 0 Å². The zero-order valence-electron chi connectivity index (χ0n) is 17.9. The first-order valence-electron chi connectivity index (χ1n) is 10.6. The minimum atomic E-state index is -1.12. The number of aldehydes is 2. The van der Waals surface area contributed by atoms with Gasteiger partial charge in [0.1, 0.15) is 36.2 Å². The van der Waals surface area contributed by atoms with Crippen LogP contribution in [0.2, 0.25) is 0 Å². The van der Waals surface area contributed by atoms with Gasteiger partial charge in [-0.2, -0.15) is 0 Å². The Bertz CT molecular complexity index is 1490. The lowest BCUT2D eigenvalue weighted by atomic mass is 9.72. The standard InChI is InChI=1S/C24H20BrFN6O2/c25-16-8-14-2-1-13(7-18(14)31-21(16)27)5-6-24(11-34)15(10-33)3-4-19(24)32-9-17(26)20-22(28)29-12-30-23(20)32/h1-4,7-12,15,19H,5-6H2,(H2,27,31)(H2,28,29,30). The summed E-state index contributed by atoms with van der Waals surface area (Å²) in [6.07, 6.45) is 8.36. The molecule has 5 rings (SSSR count). The number of fused-ring (bicyclic) bond motifs is 2. The van der Waals surface area contributed by atoms with Gasteiger partial charge in [0.15, 0.2) is 5.82 Å². The molecule has 3 unspecified atom stereocenters. The van der Waals surface area contributed by atoms with Crippen LogP contribution in [-0.2, 0) is 16.0 Å². The molecule has 0 radical (unpaired) electrons. The number of halogens is 2. The molecule has 3 atom stereocenters. The number of nitrogens with zero attached hydrogens (tertiary/aromatic N) is 4. The highest BCUT2D eigenvalue weighted by atomic mass is 79.9. The molecule has 1 aliphatic carbocycles. The van der Waals surface area contributed by atoms with E-state index in [9.17, 15) is 14.0 Å². The summed E-state index contributed by atoms with van der Waals surface area (Å²) in [5, 5.41) is 1.02. The van der Waals surface area contributed by atoms with Crippen molar-refractivity contribution in [2.75, 3.05) is 11.5 Å². The van der Waals surface area contributed by atoms with Crippen molar-refractivity contribution < 1.29 is 14.0 Å². The molecule has 8 nitrogen and oxygen atoms in total. The van der Waals surface area contributed by atoms with Gasteiger partial charge < -0.3 is 25.6 Å². The van der Waals surface area contributed by atoms with E-state index in [0.717, 1.165) is 33.5 Å². The van der Waals surface area contributed by atoms with E-state index in [4.69, 9.17) is 11.5 Å². The summed E-state index contributed by atoms with van der Waals surface area (Å²) in [7, 11) is 0. The number of allylic oxidation sites excluding steroid dienone is 2. The number of pyridine rings is 1. The van der Waals surface area contributed by atoms with Gasteiger partial charge in [-0.05, 0) is 46.5 Å². The number of nitrogens with two attached hydrogens (primary N) is 2. The van der Waals surface area contributed by atoms with Gasteiger partial charge in [0, 0.05) is 17.5 Å². The van der Waals surface area contributed by atoms with Crippen molar-refractivity contribution in [3.63, 3.8) is 0 Å². The number of benzene rings is 1. The van der Waals surface area contributed by atoms with E-state index in [1.165, 1.54) is 12.5 Å². The fourth-order valence-corrected chi connectivity index (χ4v) is 5.15. The number of rotatable bonds is 6. The van der Waals surface area contributed by atoms with Crippen LogP contribution in [0, 0.1) is 17.2 Å². The monoisotopic (exact) mass is 522 g/mol. The lowest BCUT2D eigenvalue weighted by molar-refractivity contribution is -0.125. The number of aromatic nitrogens is 4. The van der Waals surface area contributed by atoms with Crippen molar-refractivity contribution in [1.82, 2.24) is 19.5 Å². The van der Waals surface area contributed by atoms with E-state index in [1.807, 2.05) is 24.3 Å². The van der Waals surface area contributed by atoms with Crippen LogP contribution in [0.25, 0.3) is 21.9 Å². The largest absolute Gasteiger partial charge is 0.383 e. The Balaban J connectivity index is 1.53. The second-order valence-electron chi connectivity index (χ2n) is 8.45. The van der Waals surface area contributed by atoms with Gasteiger partial charge in [-0.15, -0.1) is 0 Å². The molecule has 34 heavy (non-hydrogen) atoms. The summed E-state index contributed by atoms with van der Waals surface area (Å²) < 4.78 is 17.0. The minimum Gasteiger partial charge on any atom is -0.383 e. The third kappa shape index (κ3) is 3.37. The quantitative estimate of drug-likeness (QED) is 0.291. The van der Waals surface area contributed by atoms with Crippen molar-refractivity contribution >= 4 is 62.1 Å². The van der Waals surface area contributed by atoms with Crippen LogP contribution in [-0.4, -0.2) is 32.1 Å². The molecule has 172 valence electrons. The summed E-state index contributed by atoms with van der Waals surface area (Å²) in [5.74, 6) is -0.848. The average Bonchev–Trinajstić information content (AvgIpc) is 3.36. The topological polar surface area (TPSA) is 130 Å². The summed E-state index contributed by atoms with van der Waals surface area (Å²) in [6, 6.07) is 7.09. The normalized spacial score (nSPS) is 21.9. The van der Waals surface area contributed by atoms with Gasteiger partial charge in [0.25, 0.3) is 0 Å². The van der Waals surface area contributed by atoms with Crippen LogP contribution in [0.4, 0.5) is 16.0 Å². The van der Waals surface area contributed by atoms with Crippen LogP contribution < -0.4 is 11.5 Å². The highest BCUT2D eigenvalue weighted by Gasteiger charge is 2.48. The van der Waals surface area contributed by atoms with Gasteiger partial charge in [-0.25, -0.2) is 19.3 Å². The number of carbonyl (C=O) groups excluding carboxylic acids is 2. The molecule has 3 heterocycles. The number of nitrogen functional groups attached to an aromatic ring is 2. The Morgan fingerprint density at radius 2 is 1.97 bits per heavy atom. The number of aryl methyl sites for hydroxylation is 1. The van der Waals surface area contributed by atoms with Crippen LogP contribution in [0.1, 0.15) is 18.0 Å². The first-order chi connectivity index (χ1) is 16.4. The predicted molar refractivity (Wildman–Crippen MR) is 130 cm³/mol. The maximum atomic E-state index is 14.7. The SMILES string of the molecule is Nc1nc2cc(CCC3(C=O)C(C=O)C=CC3n3cc(F)c4c(N)ncnc43)ccc2cc1Br. The lowest BCUT2D eigenvalue weighted by Gasteiger charge is -2.34. The number of hydrogen-bond acceptors (Lipinski definition) is 7. The summed E-state index contributed by atoms with van der Waals surface area (Å²) in [4.78, 5) is 37.0. The van der Waals surface area contributed by atoms with Gasteiger partial charge in [-0.1, -0.05) is 24.3 Å². The average molecular weight is 523 g/mol. The van der Waals surface area contributed by atoms with Crippen molar-refractivity contribution in [3.8, 4) is 0 Å². The number of carbonyl (C=O) groups is 2. The second-order valence-corrected chi connectivity index (χ2v) is 9.30. The Morgan fingerprint density at radius 1 is 1.15 bits per heavy atom. The zero-order valence-corrected chi connectivity index (χ0v) is 19.4. The number of anilines is 2. The van der Waals surface area contributed by atoms with Crippen molar-refractivity contribution in [2.45, 2.75) is 18.9 Å². The molecule has 0 saturated heterocycles. The van der Waals surface area contributed by atoms with Crippen LogP contribution in [0.15, 0.2) is 53.4 Å². The molecule has 4 aromatic rings. The van der Waals surface area contributed by atoms with E-state index in [1.54, 1.807) is 16.7 Å². The molecule has 0 aliphatic heterocycles. The molecular formula is C24H20BrFN6O2. The molecule has 0 spiro atoms. The second kappa shape index (κ2) is 8.28. The molecule has 3 aromatic heterocycles. The Morgan fingerprint density at radius 3 is 2.74 bits per heavy atom. The van der Waals surface area contributed by atoms with Crippen LogP contribution in [0.5, 0.6) is 0 Å². The van der Waals surface area contributed by atoms with Crippen LogP contribution in [0.3, 0.4) is 0 Å². The van der Waals surface area contributed by atoms with E-state index in [0.29, 0.717) is 18.7 Å². The van der Waals surface area contributed by atoms with E-state index < -0.39 is 23.2 Å². The molecule has 1 aliphatic rings. The summed E-state index contributed by atoms with van der Waals surface area (Å²) >= 11 is 3.38. The summed E-state index contributed by atoms with van der Waals surface area (Å²) in [6.45, 7) is 0. The van der Waals surface area contributed by atoms with Crippen molar-refractivity contribution in [3.05, 3.63) is 64.8 Å². The molecule has 0 amide bonds. The van der Waals surface area contributed by atoms with Gasteiger partial charge >= 0.3 is 0 Å². The fraction of sp³-hybridized carbons (Fsp3) is 0.208.